The van der Waals surface area contributed by atoms with Gasteiger partial charge >= 0.3 is 0 Å². The number of nitrogens with zero attached hydrogens (tertiary/aromatic N) is 4. The summed E-state index contributed by atoms with van der Waals surface area (Å²) >= 11 is 6.40. The maximum absolute atomic E-state index is 6.40. The Hall–Kier alpha value is -2.14. The molecular weight excluding hydrogens is 286 g/mol. The molecule has 0 saturated heterocycles. The van der Waals surface area contributed by atoms with E-state index >= 15 is 0 Å². The minimum absolute atomic E-state index is 0.235. The number of hydrogen-bond donors (Lipinski definition) is 1. The summed E-state index contributed by atoms with van der Waals surface area (Å²) in [4.78, 5) is 8.65. The number of fused-ring (bicyclic) bond motifs is 1. The van der Waals surface area contributed by atoms with Gasteiger partial charge in [0.2, 0.25) is 0 Å². The quantitative estimate of drug-likeness (QED) is 0.751. The lowest BCUT2D eigenvalue weighted by molar-refractivity contribution is 0.847. The largest absolute Gasteiger partial charge is 0.367 e. The van der Waals surface area contributed by atoms with Crippen LogP contribution < -0.4 is 5.32 Å². The summed E-state index contributed by atoms with van der Waals surface area (Å²) in [5, 5.41) is 8.24. The summed E-state index contributed by atoms with van der Waals surface area (Å²) in [5.41, 5.74) is 1.83. The monoisotopic (exact) mass is 301 g/mol. The summed E-state index contributed by atoms with van der Waals surface area (Å²) in [6, 6.07) is 10.2. The van der Waals surface area contributed by atoms with E-state index in [0.717, 1.165) is 16.9 Å². The van der Waals surface area contributed by atoms with Crippen LogP contribution >= 0.6 is 11.6 Å². The summed E-state index contributed by atoms with van der Waals surface area (Å²) in [6.45, 7) is 5.97. The molecule has 1 N–H and O–H groups in total. The first-order valence-corrected chi connectivity index (χ1v) is 7.19. The molecule has 0 amide bonds. The number of benzene rings is 1. The highest BCUT2D eigenvalue weighted by Crippen LogP contribution is 2.34. The molecule has 0 radical (unpaired) electrons. The van der Waals surface area contributed by atoms with Crippen molar-refractivity contribution in [1.29, 1.82) is 0 Å². The van der Waals surface area contributed by atoms with Crippen molar-refractivity contribution in [3.05, 3.63) is 41.3 Å². The molecule has 0 fully saturated rings. The molecular formula is C15H16ClN5. The zero-order valence-corrected chi connectivity index (χ0v) is 12.9. The number of nitrogens with one attached hydrogen (secondary N) is 1. The molecule has 3 rings (SSSR count). The van der Waals surface area contributed by atoms with Crippen LogP contribution in [0.25, 0.3) is 16.9 Å². The second-order valence-electron chi connectivity index (χ2n) is 5.16. The maximum Gasteiger partial charge on any atom is 0.255 e. The van der Waals surface area contributed by atoms with E-state index in [0.29, 0.717) is 16.8 Å². The van der Waals surface area contributed by atoms with Crippen LogP contribution in [-0.2, 0) is 0 Å². The van der Waals surface area contributed by atoms with E-state index in [2.05, 4.69) is 34.2 Å². The number of aryl methyl sites for hydroxylation is 1. The van der Waals surface area contributed by atoms with E-state index in [-0.39, 0.29) is 6.04 Å². The average molecular weight is 302 g/mol. The zero-order valence-electron chi connectivity index (χ0n) is 12.1. The molecule has 21 heavy (non-hydrogen) atoms. The Kier molecular flexibility index (Phi) is 3.51. The zero-order chi connectivity index (χ0) is 15.0. The number of rotatable bonds is 3. The van der Waals surface area contributed by atoms with Crippen molar-refractivity contribution in [2.45, 2.75) is 26.8 Å². The van der Waals surface area contributed by atoms with Crippen LogP contribution in [0.1, 0.15) is 19.7 Å². The Morgan fingerprint density at radius 2 is 1.86 bits per heavy atom. The van der Waals surface area contributed by atoms with Crippen LogP contribution in [0.4, 0.5) is 5.82 Å². The van der Waals surface area contributed by atoms with Gasteiger partial charge in [0, 0.05) is 6.04 Å². The van der Waals surface area contributed by atoms with Crippen LogP contribution in [0.2, 0.25) is 5.15 Å². The number of hydrogen-bond acceptors (Lipinski definition) is 4. The Labute approximate surface area is 128 Å². The van der Waals surface area contributed by atoms with Crippen LogP contribution in [-0.4, -0.2) is 25.6 Å². The third kappa shape index (κ3) is 2.56. The molecule has 0 aliphatic heterocycles. The summed E-state index contributed by atoms with van der Waals surface area (Å²) in [6.07, 6.45) is 0. The fourth-order valence-electron chi connectivity index (χ4n) is 2.24. The molecule has 5 nitrogen and oxygen atoms in total. The minimum Gasteiger partial charge on any atom is -0.367 e. The Morgan fingerprint density at radius 1 is 1.14 bits per heavy atom. The SMILES string of the molecule is Cc1nc2nc(Cl)c(-c3ccccc3)c(NC(C)C)n2n1. The number of halogens is 1. The van der Waals surface area contributed by atoms with Crippen molar-refractivity contribution in [3.8, 4) is 11.1 Å². The van der Waals surface area contributed by atoms with Gasteiger partial charge in [-0.3, -0.25) is 0 Å². The van der Waals surface area contributed by atoms with Gasteiger partial charge in [-0.25, -0.2) is 0 Å². The standard InChI is InChI=1S/C15H16ClN5/c1-9(2)17-14-12(11-7-5-4-6-8-11)13(16)19-15-18-10(3)20-21(14)15/h4-9,17H,1-3H3. The first kappa shape index (κ1) is 13.8. The maximum atomic E-state index is 6.40. The third-order valence-electron chi connectivity index (χ3n) is 3.04. The van der Waals surface area contributed by atoms with Gasteiger partial charge in [-0.1, -0.05) is 41.9 Å². The molecule has 3 aromatic rings. The van der Waals surface area contributed by atoms with Crippen molar-refractivity contribution < 1.29 is 0 Å². The first-order chi connectivity index (χ1) is 10.1. The van der Waals surface area contributed by atoms with Crippen LogP contribution in [0.15, 0.2) is 30.3 Å². The molecule has 0 bridgehead atoms. The molecule has 2 aromatic heterocycles. The van der Waals surface area contributed by atoms with Gasteiger partial charge < -0.3 is 5.32 Å². The Balaban J connectivity index is 2.33. The molecule has 0 spiro atoms. The average Bonchev–Trinajstić information content (AvgIpc) is 2.79. The summed E-state index contributed by atoms with van der Waals surface area (Å²) in [5.74, 6) is 1.97. The van der Waals surface area contributed by atoms with Crippen LogP contribution in [0.5, 0.6) is 0 Å². The predicted molar refractivity (Wildman–Crippen MR) is 84.7 cm³/mol. The molecule has 0 unspecified atom stereocenters. The molecule has 6 heteroatoms. The van der Waals surface area contributed by atoms with Gasteiger partial charge in [-0.2, -0.15) is 14.5 Å². The highest BCUT2D eigenvalue weighted by Gasteiger charge is 2.18. The number of anilines is 1. The van der Waals surface area contributed by atoms with Crippen molar-refractivity contribution in [1.82, 2.24) is 19.6 Å². The van der Waals surface area contributed by atoms with Crippen molar-refractivity contribution in [3.63, 3.8) is 0 Å². The fraction of sp³-hybridized carbons (Fsp3) is 0.267. The van der Waals surface area contributed by atoms with Gasteiger partial charge in [0.25, 0.3) is 5.78 Å². The first-order valence-electron chi connectivity index (χ1n) is 6.81. The topological polar surface area (TPSA) is 55.1 Å². The van der Waals surface area contributed by atoms with Gasteiger partial charge in [0.05, 0.1) is 5.56 Å². The lowest BCUT2D eigenvalue weighted by Gasteiger charge is -2.16. The van der Waals surface area contributed by atoms with Crippen molar-refractivity contribution in [2.75, 3.05) is 5.32 Å². The van der Waals surface area contributed by atoms with E-state index < -0.39 is 0 Å². The smallest absolute Gasteiger partial charge is 0.255 e. The lowest BCUT2D eigenvalue weighted by atomic mass is 10.1. The normalized spacial score (nSPS) is 11.3. The minimum atomic E-state index is 0.235. The molecule has 0 atom stereocenters. The highest BCUT2D eigenvalue weighted by atomic mass is 35.5. The van der Waals surface area contributed by atoms with Crippen molar-refractivity contribution in [2.24, 2.45) is 0 Å². The van der Waals surface area contributed by atoms with E-state index in [1.165, 1.54) is 0 Å². The van der Waals surface area contributed by atoms with Gasteiger partial charge in [0.15, 0.2) is 0 Å². The van der Waals surface area contributed by atoms with Gasteiger partial charge in [-0.05, 0) is 26.3 Å². The van der Waals surface area contributed by atoms with E-state index in [1.54, 1.807) is 4.52 Å². The summed E-state index contributed by atoms with van der Waals surface area (Å²) in [7, 11) is 0. The van der Waals surface area contributed by atoms with Gasteiger partial charge in [-0.15, -0.1) is 5.10 Å². The molecule has 0 aliphatic carbocycles. The second-order valence-corrected chi connectivity index (χ2v) is 5.52. The predicted octanol–water partition coefficient (Wildman–Crippen LogP) is 3.57. The number of aromatic nitrogens is 4. The Morgan fingerprint density at radius 3 is 2.52 bits per heavy atom. The second kappa shape index (κ2) is 5.33. The molecule has 0 saturated carbocycles. The van der Waals surface area contributed by atoms with Crippen molar-refractivity contribution >= 4 is 23.2 Å². The highest BCUT2D eigenvalue weighted by molar-refractivity contribution is 6.32. The lowest BCUT2D eigenvalue weighted by Crippen LogP contribution is -2.15. The molecule has 108 valence electrons. The van der Waals surface area contributed by atoms with E-state index in [9.17, 15) is 0 Å². The van der Waals surface area contributed by atoms with Gasteiger partial charge in [0.1, 0.15) is 16.8 Å². The van der Waals surface area contributed by atoms with Crippen LogP contribution in [0, 0.1) is 6.92 Å². The Bertz CT molecular complexity index is 780. The molecule has 2 heterocycles. The summed E-state index contributed by atoms with van der Waals surface area (Å²) < 4.78 is 1.71. The van der Waals surface area contributed by atoms with Crippen LogP contribution in [0.3, 0.4) is 0 Å². The molecule has 0 aliphatic rings. The van der Waals surface area contributed by atoms with E-state index in [1.807, 2.05) is 37.3 Å². The fourth-order valence-corrected chi connectivity index (χ4v) is 2.52. The third-order valence-corrected chi connectivity index (χ3v) is 3.31. The molecule has 1 aromatic carbocycles. The van der Waals surface area contributed by atoms with E-state index in [4.69, 9.17) is 11.6 Å².